The van der Waals surface area contributed by atoms with Gasteiger partial charge in [0.15, 0.2) is 0 Å². The van der Waals surface area contributed by atoms with Crippen molar-refractivity contribution in [1.82, 2.24) is 24.0 Å². The van der Waals surface area contributed by atoms with Gasteiger partial charge in [0.25, 0.3) is 11.5 Å². The number of anilines is 4. The lowest BCUT2D eigenvalue weighted by Crippen LogP contribution is -2.60. The Hall–Kier alpha value is -4.48. The van der Waals surface area contributed by atoms with E-state index in [1.165, 1.54) is 24.1 Å². The van der Waals surface area contributed by atoms with Crippen LogP contribution in [0.15, 0.2) is 53.7 Å². The van der Waals surface area contributed by atoms with E-state index in [1.54, 1.807) is 17.8 Å². The predicted octanol–water partition coefficient (Wildman–Crippen LogP) is 5.17. The minimum atomic E-state index is -0.146. The summed E-state index contributed by atoms with van der Waals surface area (Å²) < 4.78 is 9.22. The maximum Gasteiger partial charge on any atom is 0.276 e. The van der Waals surface area contributed by atoms with Crippen LogP contribution in [0.25, 0.3) is 11.1 Å². The Balaban J connectivity index is 0.00000186. The van der Waals surface area contributed by atoms with Crippen LogP contribution in [0.2, 0.25) is 0 Å². The maximum absolute atomic E-state index is 13.8. The number of aromatic nitrogens is 4. The number of nitrogens with zero attached hydrogens (tertiary/aromatic N) is 7. The van der Waals surface area contributed by atoms with Crippen molar-refractivity contribution in [2.24, 2.45) is 7.05 Å². The molecule has 2 fully saturated rings. The van der Waals surface area contributed by atoms with Crippen molar-refractivity contribution in [3.63, 3.8) is 0 Å². The van der Waals surface area contributed by atoms with Crippen molar-refractivity contribution < 1.29 is 9.53 Å². The van der Waals surface area contributed by atoms with E-state index in [0.29, 0.717) is 36.0 Å². The number of fused-ring (bicyclic) bond motifs is 3. The molecular weight excluding hydrogens is 616 g/mol. The van der Waals surface area contributed by atoms with E-state index in [-0.39, 0.29) is 11.5 Å². The fourth-order valence-corrected chi connectivity index (χ4v) is 7.85. The molecule has 1 N–H and O–H groups in total. The summed E-state index contributed by atoms with van der Waals surface area (Å²) in [5, 5.41) is 3.27. The Morgan fingerprint density at radius 2 is 1.78 bits per heavy atom. The van der Waals surface area contributed by atoms with Gasteiger partial charge in [-0.2, -0.15) is 0 Å². The van der Waals surface area contributed by atoms with Gasteiger partial charge in [0.1, 0.15) is 23.0 Å². The number of aryl methyl sites for hydroxylation is 2. The molecule has 7 heterocycles. The van der Waals surface area contributed by atoms with Gasteiger partial charge < -0.3 is 24.1 Å². The first-order chi connectivity index (χ1) is 23.9. The first-order valence-electron chi connectivity index (χ1n) is 17.9. The maximum atomic E-state index is 13.8. The number of rotatable bonds is 6. The highest BCUT2D eigenvalue weighted by Crippen LogP contribution is 2.34. The van der Waals surface area contributed by atoms with Gasteiger partial charge in [0.05, 0.1) is 31.1 Å². The minimum Gasteiger partial charge on any atom is -0.378 e. The van der Waals surface area contributed by atoms with Crippen molar-refractivity contribution in [3.05, 3.63) is 81.8 Å². The summed E-state index contributed by atoms with van der Waals surface area (Å²) in [6.07, 6.45) is 9.93. The fraction of sp³-hybridized carbons (Fsp3) is 0.474. The van der Waals surface area contributed by atoms with E-state index in [9.17, 15) is 9.59 Å². The predicted molar refractivity (Wildman–Crippen MR) is 194 cm³/mol. The monoisotopic (exact) mass is 664 g/mol. The number of nitrogens with one attached hydrogen (secondary N) is 1. The van der Waals surface area contributed by atoms with Crippen LogP contribution in [0.3, 0.4) is 0 Å². The molecular formula is C38H48N8O3. The van der Waals surface area contributed by atoms with Crippen molar-refractivity contribution >= 4 is 28.9 Å². The summed E-state index contributed by atoms with van der Waals surface area (Å²) >= 11 is 0. The van der Waals surface area contributed by atoms with Crippen molar-refractivity contribution in [2.45, 2.75) is 72.0 Å². The average Bonchev–Trinajstić information content (AvgIpc) is 3.48. The Bertz CT molecular complexity index is 1890. The van der Waals surface area contributed by atoms with Gasteiger partial charge in [-0.25, -0.2) is 9.97 Å². The van der Waals surface area contributed by atoms with Crippen LogP contribution < -0.4 is 20.7 Å². The summed E-state index contributed by atoms with van der Waals surface area (Å²) in [5.74, 6) is 1.27. The number of ether oxygens (including phenoxy) is 1. The van der Waals surface area contributed by atoms with Crippen LogP contribution >= 0.6 is 0 Å². The molecule has 258 valence electrons. The van der Waals surface area contributed by atoms with Crippen LogP contribution in [0.4, 0.5) is 23.0 Å². The molecule has 4 aromatic heterocycles. The molecule has 0 radical (unpaired) electrons. The summed E-state index contributed by atoms with van der Waals surface area (Å²) in [6.45, 7) is 14.2. The molecule has 49 heavy (non-hydrogen) atoms. The van der Waals surface area contributed by atoms with Crippen LogP contribution in [0, 0.1) is 6.92 Å². The standard InChI is InChI=1S/C36H42N8O3.C2H6/c1-23-19-41(12-13-42(23)28-21-47-22-28)27-8-9-33(38-18-27)39-30-16-26(20-40(3)35(30)45)29-10-11-37-34(24(29)2)44-15-14-43-31-7-5-4-6-25(31)17-32(43)36(44)46;1-2/h8-11,16-18,20,23,28H,4-7,12-15,19,21-22H2,1-3H3,(H,38,39);1-2H3. The third-order valence-electron chi connectivity index (χ3n) is 10.5. The second-order valence-corrected chi connectivity index (χ2v) is 13.4. The molecule has 11 nitrogen and oxygen atoms in total. The first-order valence-corrected chi connectivity index (χ1v) is 17.9. The number of amides is 1. The minimum absolute atomic E-state index is 0.0000363. The van der Waals surface area contributed by atoms with E-state index in [4.69, 9.17) is 4.74 Å². The van der Waals surface area contributed by atoms with Crippen molar-refractivity contribution in [3.8, 4) is 11.1 Å². The van der Waals surface area contributed by atoms with Gasteiger partial charge in [0, 0.05) is 69.5 Å². The molecule has 8 rings (SSSR count). The third kappa shape index (κ3) is 6.14. The number of carbonyl (C=O) groups is 1. The quantitative estimate of drug-likeness (QED) is 0.302. The average molecular weight is 665 g/mol. The van der Waals surface area contributed by atoms with E-state index < -0.39 is 0 Å². The Labute approximate surface area is 288 Å². The van der Waals surface area contributed by atoms with E-state index in [2.05, 4.69) is 48.7 Å². The topological polar surface area (TPSA) is 101 Å². The highest BCUT2D eigenvalue weighted by atomic mass is 16.5. The zero-order chi connectivity index (χ0) is 34.2. The molecule has 3 aliphatic heterocycles. The van der Waals surface area contributed by atoms with Gasteiger partial charge in [-0.3, -0.25) is 19.4 Å². The molecule has 1 aliphatic carbocycles. The number of hydrogen-bond donors (Lipinski definition) is 1. The zero-order valence-corrected chi connectivity index (χ0v) is 29.4. The summed E-state index contributed by atoms with van der Waals surface area (Å²) in [7, 11) is 1.76. The molecule has 4 aliphatic rings. The molecule has 0 spiro atoms. The van der Waals surface area contributed by atoms with Crippen LogP contribution in [-0.4, -0.2) is 81.4 Å². The smallest absolute Gasteiger partial charge is 0.276 e. The molecule has 0 saturated carbocycles. The Morgan fingerprint density at radius 1 is 0.959 bits per heavy atom. The largest absolute Gasteiger partial charge is 0.378 e. The molecule has 4 aromatic rings. The van der Waals surface area contributed by atoms with Gasteiger partial charge in [0.2, 0.25) is 0 Å². The van der Waals surface area contributed by atoms with E-state index >= 15 is 0 Å². The van der Waals surface area contributed by atoms with Crippen LogP contribution in [0.1, 0.15) is 60.9 Å². The van der Waals surface area contributed by atoms with Crippen LogP contribution in [-0.2, 0) is 31.2 Å². The zero-order valence-electron chi connectivity index (χ0n) is 29.4. The number of hydrogen-bond acceptors (Lipinski definition) is 8. The number of carbonyl (C=O) groups excluding carboxylic acids is 1. The lowest BCUT2D eigenvalue weighted by atomic mass is 9.98. The van der Waals surface area contributed by atoms with Gasteiger partial charge in [-0.15, -0.1) is 0 Å². The normalized spacial score (nSPS) is 19.4. The number of piperazine rings is 1. The van der Waals surface area contributed by atoms with Gasteiger partial charge in [-0.05, 0) is 86.6 Å². The van der Waals surface area contributed by atoms with Crippen molar-refractivity contribution in [2.75, 3.05) is 54.5 Å². The highest BCUT2D eigenvalue weighted by molar-refractivity contribution is 6.06. The fourth-order valence-electron chi connectivity index (χ4n) is 7.85. The van der Waals surface area contributed by atoms with E-state index in [1.807, 2.05) is 56.3 Å². The van der Waals surface area contributed by atoms with E-state index in [0.717, 1.165) is 80.3 Å². The van der Waals surface area contributed by atoms with Crippen molar-refractivity contribution in [1.29, 1.82) is 0 Å². The molecule has 0 aromatic carbocycles. The van der Waals surface area contributed by atoms with Gasteiger partial charge in [-0.1, -0.05) is 13.8 Å². The van der Waals surface area contributed by atoms with Crippen LogP contribution in [0.5, 0.6) is 0 Å². The molecule has 1 atom stereocenters. The molecule has 0 bridgehead atoms. The first kappa shape index (κ1) is 33.0. The molecule has 11 heteroatoms. The summed E-state index contributed by atoms with van der Waals surface area (Å²) in [6, 6.07) is 10.9. The summed E-state index contributed by atoms with van der Waals surface area (Å²) in [5.41, 5.74) is 7.47. The SMILES string of the molecule is CC.Cc1c(-c2cc(Nc3ccc(N4CCN(C5COC5)C(C)C4)cn3)c(=O)n(C)c2)ccnc1N1CCn2c(cc3c2CCCC3)C1=O. The number of pyridine rings is 3. The summed E-state index contributed by atoms with van der Waals surface area (Å²) in [4.78, 5) is 43.1. The second kappa shape index (κ2) is 13.8. The molecule has 1 unspecified atom stereocenters. The Kier molecular flexibility index (Phi) is 9.30. The Morgan fingerprint density at radius 3 is 2.51 bits per heavy atom. The second-order valence-electron chi connectivity index (χ2n) is 13.4. The molecule has 2 saturated heterocycles. The molecule has 1 amide bonds. The lowest BCUT2D eigenvalue weighted by molar-refractivity contribution is -0.0792. The lowest BCUT2D eigenvalue weighted by Gasteiger charge is -2.47. The third-order valence-corrected chi connectivity index (χ3v) is 10.5. The highest BCUT2D eigenvalue weighted by Gasteiger charge is 2.34. The van der Waals surface area contributed by atoms with Gasteiger partial charge >= 0.3 is 0 Å².